The number of esters is 4. The standard InChI is InChI=1S/C46H87NO8/c1-7-11-15-18-22-30-41(29-21-14-10-4)31-25-26-34-44(50)54-39-46(37-52-42(48)32-23-19-16-12-8-2,38-53-43(49)33-24-20-17-13-9-3)40-55-45(51)35-27-28-36-47(5)6/h41H,7-40H2,1-6H3. The maximum atomic E-state index is 13.2. The van der Waals surface area contributed by atoms with Crippen LogP contribution in [0.15, 0.2) is 0 Å². The summed E-state index contributed by atoms with van der Waals surface area (Å²) in [5, 5.41) is 0. The lowest BCUT2D eigenvalue weighted by Crippen LogP contribution is -2.44. The molecule has 0 spiro atoms. The van der Waals surface area contributed by atoms with Crippen molar-refractivity contribution >= 4 is 23.9 Å². The average Bonchev–Trinajstić information content (AvgIpc) is 3.17. The smallest absolute Gasteiger partial charge is 0.305 e. The number of ether oxygens (including phenoxy) is 4. The Balaban J connectivity index is 5.60. The van der Waals surface area contributed by atoms with Gasteiger partial charge < -0.3 is 23.8 Å². The lowest BCUT2D eigenvalue weighted by Gasteiger charge is -2.31. The van der Waals surface area contributed by atoms with Crippen molar-refractivity contribution in [3.8, 4) is 0 Å². The van der Waals surface area contributed by atoms with Crippen LogP contribution in [0, 0.1) is 11.3 Å². The van der Waals surface area contributed by atoms with E-state index in [-0.39, 0.29) is 76.0 Å². The number of unbranched alkanes of at least 4 members (excludes halogenated alkanes) is 16. The van der Waals surface area contributed by atoms with Crippen LogP contribution in [-0.2, 0) is 38.1 Å². The summed E-state index contributed by atoms with van der Waals surface area (Å²) in [5.74, 6) is -0.729. The molecule has 0 rings (SSSR count). The molecule has 9 nitrogen and oxygen atoms in total. The lowest BCUT2D eigenvalue weighted by atomic mass is 9.90. The van der Waals surface area contributed by atoms with Gasteiger partial charge in [-0.2, -0.15) is 0 Å². The second-order valence-corrected chi connectivity index (χ2v) is 16.5. The first-order valence-electron chi connectivity index (χ1n) is 22.9. The maximum absolute atomic E-state index is 13.2. The normalized spacial score (nSPS) is 12.1. The summed E-state index contributed by atoms with van der Waals surface area (Å²) in [7, 11) is 3.99. The van der Waals surface area contributed by atoms with E-state index in [1.807, 2.05) is 14.1 Å². The topological polar surface area (TPSA) is 108 Å². The molecule has 0 aromatic carbocycles. The van der Waals surface area contributed by atoms with Crippen LogP contribution >= 0.6 is 0 Å². The fraction of sp³-hybridized carbons (Fsp3) is 0.913. The molecule has 0 saturated carbocycles. The fourth-order valence-electron chi connectivity index (χ4n) is 6.77. The molecule has 0 aliphatic carbocycles. The average molecular weight is 782 g/mol. The van der Waals surface area contributed by atoms with Gasteiger partial charge in [0.05, 0.1) is 0 Å². The van der Waals surface area contributed by atoms with Crippen molar-refractivity contribution in [2.45, 2.75) is 214 Å². The van der Waals surface area contributed by atoms with Crippen molar-refractivity contribution in [2.75, 3.05) is 47.1 Å². The van der Waals surface area contributed by atoms with Gasteiger partial charge in [0.15, 0.2) is 0 Å². The number of hydrogen-bond acceptors (Lipinski definition) is 9. The molecule has 0 saturated heterocycles. The molecule has 0 amide bonds. The molecular formula is C46H87NO8. The summed E-state index contributed by atoms with van der Waals surface area (Å²) in [5.41, 5.74) is -1.20. The zero-order chi connectivity index (χ0) is 40.8. The molecule has 0 fully saturated rings. The molecule has 0 radical (unpaired) electrons. The van der Waals surface area contributed by atoms with Gasteiger partial charge in [-0.05, 0) is 58.7 Å². The third-order valence-corrected chi connectivity index (χ3v) is 10.5. The van der Waals surface area contributed by atoms with E-state index in [1.54, 1.807) is 0 Å². The van der Waals surface area contributed by atoms with Crippen LogP contribution < -0.4 is 0 Å². The summed E-state index contributed by atoms with van der Waals surface area (Å²) in [4.78, 5) is 53.8. The molecule has 0 aliphatic heterocycles. The Labute approximate surface area is 338 Å². The molecule has 0 N–H and O–H groups in total. The first-order chi connectivity index (χ1) is 26.6. The van der Waals surface area contributed by atoms with Crippen molar-refractivity contribution < 1.29 is 38.1 Å². The monoisotopic (exact) mass is 782 g/mol. The largest absolute Gasteiger partial charge is 0.465 e. The van der Waals surface area contributed by atoms with Gasteiger partial charge >= 0.3 is 23.9 Å². The van der Waals surface area contributed by atoms with E-state index in [1.165, 1.54) is 64.2 Å². The van der Waals surface area contributed by atoms with Gasteiger partial charge in [0.25, 0.3) is 0 Å². The summed E-state index contributed by atoms with van der Waals surface area (Å²) >= 11 is 0. The van der Waals surface area contributed by atoms with Gasteiger partial charge in [-0.15, -0.1) is 0 Å². The van der Waals surface area contributed by atoms with Gasteiger partial charge in [-0.3, -0.25) is 19.2 Å². The zero-order valence-corrected chi connectivity index (χ0v) is 36.8. The number of rotatable bonds is 40. The SMILES string of the molecule is CCCCCCCC(=O)OCC(COC(=O)CCCCCCC)(COC(=O)CCCCC(CCCCC)CCCCCCC)COC(=O)CCCCN(C)C. The Morgan fingerprint density at radius 2 is 0.673 bits per heavy atom. The highest BCUT2D eigenvalue weighted by molar-refractivity contribution is 5.71. The minimum absolute atomic E-state index is 0.176. The van der Waals surface area contributed by atoms with Crippen LogP contribution in [0.3, 0.4) is 0 Å². The van der Waals surface area contributed by atoms with Gasteiger partial charge in [0.2, 0.25) is 0 Å². The second-order valence-electron chi connectivity index (χ2n) is 16.5. The molecule has 0 aliphatic rings. The van der Waals surface area contributed by atoms with Crippen molar-refractivity contribution in [1.29, 1.82) is 0 Å². The third-order valence-electron chi connectivity index (χ3n) is 10.5. The zero-order valence-electron chi connectivity index (χ0n) is 36.8. The molecule has 1 atom stereocenters. The minimum Gasteiger partial charge on any atom is -0.465 e. The molecule has 9 heteroatoms. The fourth-order valence-corrected chi connectivity index (χ4v) is 6.77. The Morgan fingerprint density at radius 3 is 1.04 bits per heavy atom. The van der Waals surface area contributed by atoms with E-state index in [0.29, 0.717) is 12.3 Å². The molecule has 0 aromatic rings. The van der Waals surface area contributed by atoms with E-state index >= 15 is 0 Å². The van der Waals surface area contributed by atoms with Crippen molar-refractivity contribution in [1.82, 2.24) is 4.90 Å². The van der Waals surface area contributed by atoms with E-state index in [2.05, 4.69) is 32.6 Å². The Hall–Kier alpha value is -2.16. The quantitative estimate of drug-likeness (QED) is 0.0341. The van der Waals surface area contributed by atoms with Crippen LogP contribution in [0.2, 0.25) is 0 Å². The van der Waals surface area contributed by atoms with Gasteiger partial charge in [-0.1, -0.05) is 156 Å². The number of hydrogen-bond donors (Lipinski definition) is 0. The van der Waals surface area contributed by atoms with Crippen molar-refractivity contribution in [3.05, 3.63) is 0 Å². The molecule has 0 aromatic heterocycles. The van der Waals surface area contributed by atoms with Crippen molar-refractivity contribution in [3.63, 3.8) is 0 Å². The molecule has 324 valence electrons. The Kier molecular flexibility index (Phi) is 35.9. The molecule has 1 unspecified atom stereocenters. The van der Waals surface area contributed by atoms with Crippen LogP contribution in [0.4, 0.5) is 0 Å². The summed E-state index contributed by atoms with van der Waals surface area (Å²) < 4.78 is 23.1. The van der Waals surface area contributed by atoms with Gasteiger partial charge in [0, 0.05) is 25.7 Å². The molecule has 0 heterocycles. The summed E-state index contributed by atoms with van der Waals surface area (Å²) in [6, 6.07) is 0. The molecule has 0 bridgehead atoms. The third kappa shape index (κ3) is 33.7. The van der Waals surface area contributed by atoms with Crippen LogP contribution in [0.1, 0.15) is 214 Å². The van der Waals surface area contributed by atoms with Gasteiger partial charge in [-0.25, -0.2) is 0 Å². The van der Waals surface area contributed by atoms with Crippen LogP contribution in [0.25, 0.3) is 0 Å². The van der Waals surface area contributed by atoms with E-state index in [4.69, 9.17) is 18.9 Å². The number of carbonyl (C=O) groups is 4. The summed E-state index contributed by atoms with van der Waals surface area (Å²) in [6.07, 6.45) is 28.3. The first kappa shape index (κ1) is 52.8. The number of nitrogens with zero attached hydrogens (tertiary/aromatic N) is 1. The molecule has 55 heavy (non-hydrogen) atoms. The lowest BCUT2D eigenvalue weighted by molar-refractivity contribution is -0.170. The first-order valence-corrected chi connectivity index (χ1v) is 22.9. The second kappa shape index (κ2) is 37.4. The van der Waals surface area contributed by atoms with E-state index in [9.17, 15) is 19.2 Å². The Bertz CT molecular complexity index is 909. The highest BCUT2D eigenvalue weighted by Crippen LogP contribution is 2.26. The highest BCUT2D eigenvalue weighted by Gasteiger charge is 2.38. The van der Waals surface area contributed by atoms with E-state index in [0.717, 1.165) is 96.4 Å². The predicted octanol–water partition coefficient (Wildman–Crippen LogP) is 11.7. The predicted molar refractivity (Wildman–Crippen MR) is 225 cm³/mol. The maximum Gasteiger partial charge on any atom is 0.305 e. The van der Waals surface area contributed by atoms with Gasteiger partial charge in [0.1, 0.15) is 31.8 Å². The van der Waals surface area contributed by atoms with E-state index < -0.39 is 5.41 Å². The molecular weight excluding hydrogens is 695 g/mol. The number of carbonyl (C=O) groups excluding carboxylic acids is 4. The van der Waals surface area contributed by atoms with Crippen LogP contribution in [-0.4, -0.2) is 75.8 Å². The minimum atomic E-state index is -1.20. The van der Waals surface area contributed by atoms with Crippen LogP contribution in [0.5, 0.6) is 0 Å². The highest BCUT2D eigenvalue weighted by atomic mass is 16.6. The van der Waals surface area contributed by atoms with Crippen molar-refractivity contribution in [2.24, 2.45) is 11.3 Å². The Morgan fingerprint density at radius 1 is 0.400 bits per heavy atom. The summed E-state index contributed by atoms with van der Waals surface area (Å²) in [6.45, 7) is 8.96.